The zero-order chi connectivity index (χ0) is 11.6. The van der Waals surface area contributed by atoms with Crippen LogP contribution in [0.4, 0.5) is 5.82 Å². The summed E-state index contributed by atoms with van der Waals surface area (Å²) >= 11 is 0. The first-order chi connectivity index (χ1) is 7.63. The fourth-order valence-electron chi connectivity index (χ4n) is 2.22. The Hall–Kier alpha value is -1.13. The second kappa shape index (κ2) is 4.39. The average molecular weight is 221 g/mol. The minimum Gasteiger partial charge on any atom is -0.383 e. The van der Waals surface area contributed by atoms with Crippen LogP contribution in [0.3, 0.4) is 0 Å². The summed E-state index contributed by atoms with van der Waals surface area (Å²) in [5.41, 5.74) is 12.7. The third-order valence-electron chi connectivity index (χ3n) is 3.36. The van der Waals surface area contributed by atoms with Crippen LogP contribution >= 0.6 is 0 Å². The second-order valence-corrected chi connectivity index (χ2v) is 4.57. The van der Waals surface area contributed by atoms with Crippen molar-refractivity contribution in [3.8, 4) is 0 Å². The summed E-state index contributed by atoms with van der Waals surface area (Å²) < 4.78 is 5.83. The van der Waals surface area contributed by atoms with Crippen LogP contribution in [-0.4, -0.2) is 17.2 Å². The molecule has 1 aromatic heterocycles. The van der Waals surface area contributed by atoms with Gasteiger partial charge in [-0.3, -0.25) is 0 Å². The summed E-state index contributed by atoms with van der Waals surface area (Å²) in [5, 5.41) is 0. The van der Waals surface area contributed by atoms with Gasteiger partial charge in [-0.15, -0.1) is 0 Å². The Labute approximate surface area is 96.0 Å². The maximum atomic E-state index is 6.26. The van der Waals surface area contributed by atoms with Crippen molar-refractivity contribution in [2.45, 2.75) is 37.8 Å². The van der Waals surface area contributed by atoms with E-state index in [1.807, 2.05) is 12.1 Å². The summed E-state index contributed by atoms with van der Waals surface area (Å²) in [7, 11) is 0. The predicted octanol–water partition coefficient (Wildman–Crippen LogP) is 1.62. The zero-order valence-electron chi connectivity index (χ0n) is 9.65. The second-order valence-electron chi connectivity index (χ2n) is 4.57. The minimum atomic E-state index is -0.310. The van der Waals surface area contributed by atoms with Gasteiger partial charge in [0.2, 0.25) is 0 Å². The molecular formula is C12H19N3O. The van der Waals surface area contributed by atoms with Gasteiger partial charge in [-0.2, -0.15) is 0 Å². The van der Waals surface area contributed by atoms with Crippen LogP contribution < -0.4 is 11.5 Å². The van der Waals surface area contributed by atoms with E-state index in [1.54, 1.807) is 6.20 Å². The number of anilines is 1. The molecule has 4 nitrogen and oxygen atoms in total. The highest BCUT2D eigenvalue weighted by Gasteiger charge is 2.36. The summed E-state index contributed by atoms with van der Waals surface area (Å²) in [4.78, 5) is 4.07. The third kappa shape index (κ3) is 2.03. The molecule has 1 saturated heterocycles. The van der Waals surface area contributed by atoms with Gasteiger partial charge in [0.15, 0.2) is 0 Å². The van der Waals surface area contributed by atoms with E-state index in [1.165, 1.54) is 0 Å². The zero-order valence-corrected chi connectivity index (χ0v) is 9.65. The molecule has 16 heavy (non-hydrogen) atoms. The van der Waals surface area contributed by atoms with Gasteiger partial charge in [0.05, 0.1) is 11.6 Å². The van der Waals surface area contributed by atoms with Gasteiger partial charge in [0.1, 0.15) is 5.82 Å². The van der Waals surface area contributed by atoms with Crippen LogP contribution in [0.5, 0.6) is 0 Å². The molecule has 4 N–H and O–H groups in total. The summed E-state index contributed by atoms with van der Waals surface area (Å²) in [6.45, 7) is 2.84. The first-order valence-corrected chi connectivity index (χ1v) is 5.73. The van der Waals surface area contributed by atoms with Crippen molar-refractivity contribution < 1.29 is 4.74 Å². The van der Waals surface area contributed by atoms with Crippen LogP contribution in [0.1, 0.15) is 37.8 Å². The molecule has 88 valence electrons. The molecule has 0 aromatic carbocycles. The first kappa shape index (κ1) is 11.4. The highest BCUT2D eigenvalue weighted by molar-refractivity contribution is 5.42. The van der Waals surface area contributed by atoms with Crippen molar-refractivity contribution in [1.29, 1.82) is 0 Å². The van der Waals surface area contributed by atoms with Gasteiger partial charge in [-0.1, -0.05) is 6.07 Å². The van der Waals surface area contributed by atoms with Crippen molar-refractivity contribution in [2.75, 3.05) is 12.3 Å². The van der Waals surface area contributed by atoms with Crippen LogP contribution in [0.2, 0.25) is 0 Å². The SMILES string of the molecule is CC1(C(N)c2cccnc2N)CCCCO1. The van der Waals surface area contributed by atoms with Gasteiger partial charge >= 0.3 is 0 Å². The van der Waals surface area contributed by atoms with Crippen LogP contribution in [0.25, 0.3) is 0 Å². The average Bonchev–Trinajstić information content (AvgIpc) is 2.30. The van der Waals surface area contributed by atoms with Gasteiger partial charge < -0.3 is 16.2 Å². The van der Waals surface area contributed by atoms with Crippen molar-refractivity contribution in [3.05, 3.63) is 23.9 Å². The topological polar surface area (TPSA) is 74.2 Å². The molecule has 0 spiro atoms. The molecule has 1 aliphatic rings. The molecule has 1 fully saturated rings. The Morgan fingerprint density at radius 2 is 2.31 bits per heavy atom. The molecule has 2 heterocycles. The highest BCUT2D eigenvalue weighted by atomic mass is 16.5. The van der Waals surface area contributed by atoms with E-state index in [0.717, 1.165) is 31.4 Å². The lowest BCUT2D eigenvalue weighted by molar-refractivity contribution is -0.0819. The lowest BCUT2D eigenvalue weighted by atomic mass is 9.85. The van der Waals surface area contributed by atoms with E-state index >= 15 is 0 Å². The largest absolute Gasteiger partial charge is 0.383 e. The molecule has 1 aliphatic heterocycles. The van der Waals surface area contributed by atoms with Gasteiger partial charge in [-0.25, -0.2) is 4.98 Å². The molecule has 0 saturated carbocycles. The Bertz CT molecular complexity index is 361. The molecule has 0 radical (unpaired) electrons. The molecule has 0 amide bonds. The lowest BCUT2D eigenvalue weighted by Crippen LogP contribution is -2.43. The Kier molecular flexibility index (Phi) is 3.12. The first-order valence-electron chi connectivity index (χ1n) is 5.73. The number of nitrogens with two attached hydrogens (primary N) is 2. The smallest absolute Gasteiger partial charge is 0.128 e. The number of rotatable bonds is 2. The van der Waals surface area contributed by atoms with Crippen molar-refractivity contribution in [2.24, 2.45) is 5.73 Å². The lowest BCUT2D eigenvalue weighted by Gasteiger charge is -2.39. The maximum absolute atomic E-state index is 6.26. The summed E-state index contributed by atoms with van der Waals surface area (Å²) in [6.07, 6.45) is 4.92. The predicted molar refractivity (Wildman–Crippen MR) is 63.8 cm³/mol. The van der Waals surface area contributed by atoms with Crippen molar-refractivity contribution in [1.82, 2.24) is 4.98 Å². The molecular weight excluding hydrogens is 202 g/mol. The maximum Gasteiger partial charge on any atom is 0.128 e. The van der Waals surface area contributed by atoms with Crippen molar-refractivity contribution in [3.63, 3.8) is 0 Å². The van der Waals surface area contributed by atoms with E-state index in [0.29, 0.717) is 5.82 Å². The number of pyridine rings is 1. The fourth-order valence-corrected chi connectivity index (χ4v) is 2.22. The number of ether oxygens (including phenoxy) is 1. The minimum absolute atomic E-state index is 0.207. The molecule has 4 heteroatoms. The number of aromatic nitrogens is 1. The monoisotopic (exact) mass is 221 g/mol. The van der Waals surface area contributed by atoms with Gasteiger partial charge in [0, 0.05) is 18.4 Å². The van der Waals surface area contributed by atoms with Crippen LogP contribution in [0.15, 0.2) is 18.3 Å². The summed E-state index contributed by atoms with van der Waals surface area (Å²) in [5.74, 6) is 0.505. The van der Waals surface area contributed by atoms with E-state index in [-0.39, 0.29) is 11.6 Å². The van der Waals surface area contributed by atoms with E-state index in [9.17, 15) is 0 Å². The van der Waals surface area contributed by atoms with E-state index in [4.69, 9.17) is 16.2 Å². The highest BCUT2D eigenvalue weighted by Crippen LogP contribution is 2.36. The molecule has 0 aliphatic carbocycles. The van der Waals surface area contributed by atoms with Crippen LogP contribution in [-0.2, 0) is 4.74 Å². The third-order valence-corrected chi connectivity index (χ3v) is 3.36. The number of nitrogen functional groups attached to an aromatic ring is 1. The van der Waals surface area contributed by atoms with Crippen LogP contribution in [0, 0.1) is 0 Å². The quantitative estimate of drug-likeness (QED) is 0.796. The fraction of sp³-hybridized carbons (Fsp3) is 0.583. The summed E-state index contributed by atoms with van der Waals surface area (Å²) in [6, 6.07) is 3.58. The number of hydrogen-bond donors (Lipinski definition) is 2. The molecule has 1 aromatic rings. The normalized spacial score (nSPS) is 27.6. The molecule has 2 unspecified atom stereocenters. The van der Waals surface area contributed by atoms with E-state index in [2.05, 4.69) is 11.9 Å². The standard InChI is InChI=1S/C12H19N3O/c1-12(6-2-3-8-16-12)10(13)9-5-4-7-15-11(9)14/h4-5,7,10H,2-3,6,8,13H2,1H3,(H2,14,15). The Balaban J connectivity index is 2.24. The molecule has 2 rings (SSSR count). The Morgan fingerprint density at radius 1 is 1.50 bits per heavy atom. The molecule has 2 atom stereocenters. The Morgan fingerprint density at radius 3 is 2.94 bits per heavy atom. The number of nitrogens with zero attached hydrogens (tertiary/aromatic N) is 1. The van der Waals surface area contributed by atoms with Gasteiger partial charge in [0.25, 0.3) is 0 Å². The molecule has 0 bridgehead atoms. The van der Waals surface area contributed by atoms with Gasteiger partial charge in [-0.05, 0) is 32.3 Å². The van der Waals surface area contributed by atoms with Crippen molar-refractivity contribution >= 4 is 5.82 Å². The van der Waals surface area contributed by atoms with E-state index < -0.39 is 0 Å². The number of hydrogen-bond acceptors (Lipinski definition) is 4.